The van der Waals surface area contributed by atoms with Crippen LogP contribution in [0.3, 0.4) is 0 Å². The van der Waals surface area contributed by atoms with Crippen LogP contribution in [-0.2, 0) is 13.1 Å². The maximum Gasteiger partial charge on any atom is 0.325 e. The van der Waals surface area contributed by atoms with Crippen LogP contribution >= 0.6 is 45.8 Å². The van der Waals surface area contributed by atoms with E-state index in [1.165, 1.54) is 11.3 Å². The first-order chi connectivity index (χ1) is 12.2. The van der Waals surface area contributed by atoms with Gasteiger partial charge in [0, 0.05) is 22.3 Å². The fourth-order valence-electron chi connectivity index (χ4n) is 2.73. The molecular formula is C18H22BrClN3OPS. The van der Waals surface area contributed by atoms with Gasteiger partial charge in [0.15, 0.2) is 0 Å². The lowest BCUT2D eigenvalue weighted by atomic mass is 10.1. The minimum atomic E-state index is -1.41. The largest absolute Gasteiger partial charge is 0.325 e. The molecule has 2 heterocycles. The van der Waals surface area contributed by atoms with Gasteiger partial charge in [-0.2, -0.15) is 0 Å². The molecule has 0 radical (unpaired) electrons. The summed E-state index contributed by atoms with van der Waals surface area (Å²) in [5, 5.41) is 0.687. The number of hydrogen-bond acceptors (Lipinski definition) is 3. The molecule has 0 unspecified atom stereocenters. The van der Waals surface area contributed by atoms with E-state index in [0.29, 0.717) is 5.02 Å². The van der Waals surface area contributed by atoms with Gasteiger partial charge in [-0.25, -0.2) is 9.67 Å². The quantitative estimate of drug-likeness (QED) is 0.570. The smallest absolute Gasteiger partial charge is 0.256 e. The van der Waals surface area contributed by atoms with E-state index in [1.54, 1.807) is 4.68 Å². The Kier molecular flexibility index (Phi) is 5.88. The maximum atomic E-state index is 12.2. The van der Waals surface area contributed by atoms with Gasteiger partial charge in [0.2, 0.25) is 4.80 Å². The van der Waals surface area contributed by atoms with Crippen LogP contribution in [0.2, 0.25) is 5.02 Å². The van der Waals surface area contributed by atoms with Gasteiger partial charge in [0.05, 0.1) is 5.69 Å². The minimum Gasteiger partial charge on any atom is -0.256 e. The van der Waals surface area contributed by atoms with E-state index >= 15 is 0 Å². The first-order valence-corrected chi connectivity index (χ1v) is 13.2. The summed E-state index contributed by atoms with van der Waals surface area (Å²) >= 11 is 11.3. The second-order valence-corrected chi connectivity index (χ2v) is 13.7. The highest BCUT2D eigenvalue weighted by atomic mass is 79.9. The number of aryl methyl sites for hydroxylation is 1. The zero-order chi connectivity index (χ0) is 19.1. The van der Waals surface area contributed by atoms with Crippen molar-refractivity contribution in [2.45, 2.75) is 32.9 Å². The van der Waals surface area contributed by atoms with Crippen LogP contribution in [0.1, 0.15) is 24.0 Å². The van der Waals surface area contributed by atoms with Crippen LogP contribution in [0.4, 0.5) is 5.69 Å². The van der Waals surface area contributed by atoms with E-state index in [2.05, 4.69) is 35.6 Å². The van der Waals surface area contributed by atoms with Gasteiger partial charge in [-0.3, -0.25) is 9.48 Å². The molecule has 0 saturated heterocycles. The van der Waals surface area contributed by atoms with E-state index in [4.69, 9.17) is 16.6 Å². The number of nitrogens with zero attached hydrogens (tertiary/aromatic N) is 3. The molecule has 0 bridgehead atoms. The van der Waals surface area contributed by atoms with Crippen molar-refractivity contribution < 1.29 is 0 Å². The summed E-state index contributed by atoms with van der Waals surface area (Å²) in [6.45, 7) is 6.47. The lowest BCUT2D eigenvalue weighted by Crippen LogP contribution is -2.31. The third-order valence-electron chi connectivity index (χ3n) is 4.28. The van der Waals surface area contributed by atoms with Gasteiger partial charge in [-0.05, 0) is 73.8 Å². The molecule has 1 aromatic heterocycles. The Morgan fingerprint density at radius 1 is 1.35 bits per heavy atom. The number of rotatable bonds is 3. The Morgan fingerprint density at radius 2 is 2.00 bits per heavy atom. The Labute approximate surface area is 170 Å². The first-order valence-electron chi connectivity index (χ1n) is 8.38. The summed E-state index contributed by atoms with van der Waals surface area (Å²) in [6, 6.07) is 3.91. The molecule has 3 rings (SSSR count). The van der Waals surface area contributed by atoms with Gasteiger partial charge in [0.1, 0.15) is 0 Å². The van der Waals surface area contributed by atoms with Crippen LogP contribution in [0.15, 0.2) is 26.1 Å². The van der Waals surface area contributed by atoms with Crippen LogP contribution < -0.4 is 9.67 Å². The van der Waals surface area contributed by atoms with Crippen LogP contribution in [0, 0.1) is 6.92 Å². The van der Waals surface area contributed by atoms with Crippen LogP contribution in [-0.4, -0.2) is 29.0 Å². The zero-order valence-corrected chi connectivity index (χ0v) is 19.2. The summed E-state index contributed by atoms with van der Waals surface area (Å²) in [6.07, 6.45) is 8.40. The Hall–Kier alpha value is -0.810. The van der Waals surface area contributed by atoms with Gasteiger partial charge in [-0.1, -0.05) is 40.7 Å². The van der Waals surface area contributed by atoms with Crippen molar-refractivity contribution in [3.05, 3.63) is 47.0 Å². The number of fused-ring (bicyclic) bond motifs is 1. The topological polar surface area (TPSA) is 39.3 Å². The summed E-state index contributed by atoms with van der Waals surface area (Å²) in [5.41, 5.74) is 2.73. The maximum absolute atomic E-state index is 12.2. The molecule has 0 saturated carbocycles. The lowest BCUT2D eigenvalue weighted by molar-refractivity contribution is 0.345. The Bertz CT molecular complexity index is 1060. The highest BCUT2D eigenvalue weighted by Gasteiger charge is 2.14. The minimum absolute atomic E-state index is 0.0570. The van der Waals surface area contributed by atoms with Crippen molar-refractivity contribution in [2.75, 3.05) is 13.3 Å². The molecule has 2 aromatic rings. The lowest BCUT2D eigenvalue weighted by Gasteiger charge is -2.16. The zero-order valence-electron chi connectivity index (χ0n) is 15.1. The Morgan fingerprint density at radius 3 is 2.65 bits per heavy atom. The predicted molar refractivity (Wildman–Crippen MR) is 120 cm³/mol. The molecule has 0 aliphatic carbocycles. The highest BCUT2D eigenvalue weighted by Crippen LogP contribution is 2.50. The normalized spacial score (nSPS) is 16.0. The molecule has 1 aliphatic heterocycles. The first kappa shape index (κ1) is 19.9. The molecule has 8 heteroatoms. The molecule has 26 heavy (non-hydrogen) atoms. The predicted octanol–water partition coefficient (Wildman–Crippen LogP) is 5.10. The van der Waals surface area contributed by atoms with E-state index in [1.807, 2.05) is 29.8 Å². The average molecular weight is 475 g/mol. The van der Waals surface area contributed by atoms with Crippen LogP contribution in [0.25, 0.3) is 6.08 Å². The number of hydrogen-bond donors (Lipinski definition) is 0. The van der Waals surface area contributed by atoms with Gasteiger partial charge < -0.3 is 0 Å². The highest BCUT2D eigenvalue weighted by molar-refractivity contribution is 9.13. The van der Waals surface area contributed by atoms with Crippen molar-refractivity contribution in [3.8, 4) is 0 Å². The van der Waals surface area contributed by atoms with E-state index in [-0.39, 0.29) is 4.87 Å². The molecule has 0 amide bonds. The fourth-order valence-corrected chi connectivity index (χ4v) is 4.63. The van der Waals surface area contributed by atoms with Crippen LogP contribution in [0.5, 0.6) is 0 Å². The van der Waals surface area contributed by atoms with E-state index < -0.39 is 6.89 Å². The third kappa shape index (κ3) is 4.19. The van der Waals surface area contributed by atoms with Gasteiger partial charge in [-0.15, -0.1) is 0 Å². The number of halogens is 2. The molecule has 1 aromatic carbocycles. The second-order valence-electron chi connectivity index (χ2n) is 7.03. The van der Waals surface area contributed by atoms with Gasteiger partial charge >= 0.3 is 4.87 Å². The van der Waals surface area contributed by atoms with Crippen molar-refractivity contribution in [1.82, 2.24) is 9.36 Å². The third-order valence-corrected chi connectivity index (χ3v) is 9.87. The molecule has 4 nitrogen and oxygen atoms in total. The van der Waals surface area contributed by atoms with Crippen molar-refractivity contribution in [1.29, 1.82) is 0 Å². The average Bonchev–Trinajstić information content (AvgIpc) is 2.87. The van der Waals surface area contributed by atoms with E-state index in [9.17, 15) is 4.79 Å². The summed E-state index contributed by atoms with van der Waals surface area (Å²) in [7, 11) is 0. The standard InChI is InChI=1S/C18H22BrClN3OPS/c1-12-9-14(20)13(11-16(19)25(2,3)4)10-15(12)21-17-22-7-5-6-8-23(22)18(24)26-17/h9-11H,2,5-8H2,1,3-4H3. The SMILES string of the molecule is C=P(C)(C)C(Br)=Cc1cc(N=c2sc(=O)n3n2CCCC3)c(C)cc1Cl. The summed E-state index contributed by atoms with van der Waals surface area (Å²) in [4.78, 5) is 17.8. The fraction of sp³-hybridized carbons (Fsp3) is 0.389. The molecule has 0 fully saturated rings. The molecule has 140 valence electrons. The van der Waals surface area contributed by atoms with Crippen molar-refractivity contribution in [3.63, 3.8) is 0 Å². The molecular weight excluding hydrogens is 453 g/mol. The van der Waals surface area contributed by atoms with Gasteiger partial charge in [0.25, 0.3) is 0 Å². The monoisotopic (exact) mass is 473 g/mol. The van der Waals surface area contributed by atoms with Crippen molar-refractivity contribution >= 4 is 63.8 Å². The second kappa shape index (κ2) is 7.67. The summed E-state index contributed by atoms with van der Waals surface area (Å²) in [5.74, 6) is 0. The molecule has 0 N–H and O–H groups in total. The Balaban J connectivity index is 2.14. The van der Waals surface area contributed by atoms with Crippen molar-refractivity contribution in [2.24, 2.45) is 4.99 Å². The molecule has 0 spiro atoms. The number of aromatic nitrogens is 2. The molecule has 0 atom stereocenters. The summed E-state index contributed by atoms with van der Waals surface area (Å²) < 4.78 is 4.87. The van der Waals surface area contributed by atoms with E-state index in [0.717, 1.165) is 51.8 Å². The number of benzene rings is 1. The molecule has 1 aliphatic rings.